The van der Waals surface area contributed by atoms with Crippen LogP contribution in [0.4, 0.5) is 0 Å². The van der Waals surface area contributed by atoms with E-state index in [9.17, 15) is 0 Å². The second-order valence-corrected chi connectivity index (χ2v) is 6.01. The first-order chi connectivity index (χ1) is 9.42. The van der Waals surface area contributed by atoms with Crippen LogP contribution in [0.25, 0.3) is 0 Å². The highest BCUT2D eigenvalue weighted by Crippen LogP contribution is 2.17. The molecule has 0 aromatic carbocycles. The predicted octanol–water partition coefficient (Wildman–Crippen LogP) is 2.49. The van der Waals surface area contributed by atoms with Crippen LogP contribution in [0.1, 0.15) is 43.6 Å². The molecule has 1 heterocycles. The van der Waals surface area contributed by atoms with Gasteiger partial charge in [-0.1, -0.05) is 26.7 Å². The van der Waals surface area contributed by atoms with Crippen LogP contribution in [-0.2, 0) is 13.6 Å². The summed E-state index contributed by atoms with van der Waals surface area (Å²) in [7, 11) is 6.38. The molecular formula is C16H32N4. The van der Waals surface area contributed by atoms with Gasteiger partial charge in [0, 0.05) is 37.4 Å². The molecule has 0 spiro atoms. The minimum Gasteiger partial charge on any atom is -0.311 e. The highest BCUT2D eigenvalue weighted by molar-refractivity contribution is 5.23. The molecule has 0 aliphatic carbocycles. The normalized spacial score (nSPS) is 13.4. The van der Waals surface area contributed by atoms with Gasteiger partial charge >= 0.3 is 0 Å². The molecule has 0 aliphatic rings. The summed E-state index contributed by atoms with van der Waals surface area (Å²) in [5.41, 5.74) is 3.75. The number of hydrogen-bond acceptors (Lipinski definition) is 3. The summed E-state index contributed by atoms with van der Waals surface area (Å²) in [6.07, 6.45) is 2.48. The number of likely N-dealkylation sites (N-methyl/N-ethyl adjacent to an activating group) is 1. The Morgan fingerprint density at radius 3 is 2.20 bits per heavy atom. The lowest BCUT2D eigenvalue weighted by Crippen LogP contribution is -2.42. The van der Waals surface area contributed by atoms with Gasteiger partial charge in [-0.05, 0) is 33.9 Å². The van der Waals surface area contributed by atoms with Crippen LogP contribution in [0, 0.1) is 19.8 Å². The zero-order valence-electron chi connectivity index (χ0n) is 14.3. The molecule has 1 aromatic heterocycles. The summed E-state index contributed by atoms with van der Waals surface area (Å²) in [5.74, 6) is 0.758. The van der Waals surface area contributed by atoms with Gasteiger partial charge in [-0.15, -0.1) is 0 Å². The minimum absolute atomic E-state index is 0.599. The molecule has 1 unspecified atom stereocenters. The van der Waals surface area contributed by atoms with Crippen LogP contribution in [-0.4, -0.2) is 41.4 Å². The van der Waals surface area contributed by atoms with Gasteiger partial charge in [0.15, 0.2) is 0 Å². The molecule has 0 saturated carbocycles. The Balaban J connectivity index is 2.60. The Labute approximate surface area is 124 Å². The number of aryl methyl sites for hydroxylation is 2. The van der Waals surface area contributed by atoms with Crippen LogP contribution >= 0.6 is 0 Å². The molecular weight excluding hydrogens is 248 g/mol. The van der Waals surface area contributed by atoms with Crippen molar-refractivity contribution in [2.75, 3.05) is 20.6 Å². The van der Waals surface area contributed by atoms with Gasteiger partial charge in [-0.2, -0.15) is 5.10 Å². The molecule has 1 N–H and O–H groups in total. The van der Waals surface area contributed by atoms with E-state index < -0.39 is 0 Å². The van der Waals surface area contributed by atoms with Crippen LogP contribution in [0.5, 0.6) is 0 Å². The van der Waals surface area contributed by atoms with Crippen LogP contribution < -0.4 is 5.32 Å². The van der Waals surface area contributed by atoms with Crippen molar-refractivity contribution in [1.29, 1.82) is 0 Å². The molecule has 0 aliphatic heterocycles. The third-order valence-electron chi connectivity index (χ3n) is 4.57. The summed E-state index contributed by atoms with van der Waals surface area (Å²) in [4.78, 5) is 2.35. The van der Waals surface area contributed by atoms with E-state index in [1.165, 1.54) is 24.1 Å². The summed E-state index contributed by atoms with van der Waals surface area (Å²) in [6.45, 7) is 10.8. The molecule has 4 heteroatoms. The molecule has 0 fully saturated rings. The molecule has 1 aromatic rings. The molecule has 1 atom stereocenters. The molecule has 4 nitrogen and oxygen atoms in total. The van der Waals surface area contributed by atoms with Crippen molar-refractivity contribution in [2.45, 2.75) is 53.1 Å². The summed E-state index contributed by atoms with van der Waals surface area (Å²) in [5, 5.41) is 8.11. The van der Waals surface area contributed by atoms with Gasteiger partial charge in [-0.25, -0.2) is 0 Å². The average molecular weight is 280 g/mol. The van der Waals surface area contributed by atoms with Crippen molar-refractivity contribution in [1.82, 2.24) is 20.0 Å². The maximum Gasteiger partial charge on any atom is 0.0641 e. The van der Waals surface area contributed by atoms with Crippen molar-refractivity contribution < 1.29 is 0 Å². The lowest BCUT2D eigenvalue weighted by molar-refractivity contribution is 0.194. The van der Waals surface area contributed by atoms with E-state index in [4.69, 9.17) is 0 Å². The zero-order valence-corrected chi connectivity index (χ0v) is 14.3. The van der Waals surface area contributed by atoms with Crippen molar-refractivity contribution in [2.24, 2.45) is 13.0 Å². The molecule has 0 saturated heterocycles. The number of hydrogen-bond donors (Lipinski definition) is 1. The van der Waals surface area contributed by atoms with E-state index >= 15 is 0 Å². The fraction of sp³-hybridized carbons (Fsp3) is 0.812. The number of aromatic nitrogens is 2. The summed E-state index contributed by atoms with van der Waals surface area (Å²) in [6, 6.07) is 0.599. The maximum absolute atomic E-state index is 4.48. The van der Waals surface area contributed by atoms with E-state index in [1.807, 2.05) is 11.7 Å². The van der Waals surface area contributed by atoms with Crippen molar-refractivity contribution in [3.05, 3.63) is 17.0 Å². The van der Waals surface area contributed by atoms with Gasteiger partial charge < -0.3 is 10.2 Å². The molecule has 20 heavy (non-hydrogen) atoms. The zero-order chi connectivity index (χ0) is 15.3. The van der Waals surface area contributed by atoms with E-state index in [0.717, 1.165) is 24.7 Å². The van der Waals surface area contributed by atoms with Gasteiger partial charge in [0.1, 0.15) is 0 Å². The van der Waals surface area contributed by atoms with Crippen molar-refractivity contribution >= 4 is 0 Å². The van der Waals surface area contributed by atoms with Gasteiger partial charge in [0.2, 0.25) is 0 Å². The largest absolute Gasteiger partial charge is 0.311 e. The molecule has 0 bridgehead atoms. The van der Waals surface area contributed by atoms with E-state index in [2.05, 4.69) is 57.1 Å². The maximum atomic E-state index is 4.48. The molecule has 1 rings (SSSR count). The highest BCUT2D eigenvalue weighted by Gasteiger charge is 2.20. The monoisotopic (exact) mass is 280 g/mol. The quantitative estimate of drug-likeness (QED) is 0.794. The van der Waals surface area contributed by atoms with E-state index in [-0.39, 0.29) is 0 Å². The number of rotatable bonds is 8. The van der Waals surface area contributed by atoms with Crippen LogP contribution in [0.3, 0.4) is 0 Å². The van der Waals surface area contributed by atoms with E-state index in [1.54, 1.807) is 0 Å². The lowest BCUT2D eigenvalue weighted by Gasteiger charge is -2.31. The van der Waals surface area contributed by atoms with Crippen molar-refractivity contribution in [3.8, 4) is 0 Å². The van der Waals surface area contributed by atoms with Crippen molar-refractivity contribution in [3.63, 3.8) is 0 Å². The third kappa shape index (κ3) is 4.06. The topological polar surface area (TPSA) is 33.1 Å². The molecule has 0 radical (unpaired) electrons. The highest BCUT2D eigenvalue weighted by atomic mass is 15.3. The van der Waals surface area contributed by atoms with Gasteiger partial charge in [-0.3, -0.25) is 4.68 Å². The minimum atomic E-state index is 0.599. The smallest absolute Gasteiger partial charge is 0.0641 e. The first-order valence-corrected chi connectivity index (χ1v) is 7.78. The standard InChI is InChI=1S/C16H32N4/c1-8-14(9-2)16(19(5)6)11-17-10-15-12(3)18-20(7)13(15)4/h14,16-17H,8-11H2,1-7H3. The average Bonchev–Trinajstić information content (AvgIpc) is 2.63. The third-order valence-corrected chi connectivity index (χ3v) is 4.57. The van der Waals surface area contributed by atoms with Crippen LogP contribution in [0.2, 0.25) is 0 Å². The Kier molecular flexibility index (Phi) is 6.69. The number of nitrogens with zero attached hydrogens (tertiary/aromatic N) is 3. The van der Waals surface area contributed by atoms with Gasteiger partial charge in [0.05, 0.1) is 5.69 Å². The van der Waals surface area contributed by atoms with Gasteiger partial charge in [0.25, 0.3) is 0 Å². The van der Waals surface area contributed by atoms with E-state index in [0.29, 0.717) is 6.04 Å². The Morgan fingerprint density at radius 2 is 1.80 bits per heavy atom. The molecule has 116 valence electrons. The first-order valence-electron chi connectivity index (χ1n) is 7.78. The summed E-state index contributed by atoms with van der Waals surface area (Å²) >= 11 is 0. The molecule has 0 amide bonds. The SMILES string of the molecule is CCC(CC)C(CNCc1c(C)nn(C)c1C)N(C)C. The van der Waals surface area contributed by atoms with Crippen LogP contribution in [0.15, 0.2) is 0 Å². The fourth-order valence-electron chi connectivity index (χ4n) is 3.02. The Morgan fingerprint density at radius 1 is 1.20 bits per heavy atom. The second kappa shape index (κ2) is 7.79. The number of nitrogens with one attached hydrogen (secondary N) is 1. The summed E-state index contributed by atoms with van der Waals surface area (Å²) < 4.78 is 1.97. The fourth-order valence-corrected chi connectivity index (χ4v) is 3.02. The Hall–Kier alpha value is -0.870. The second-order valence-electron chi connectivity index (χ2n) is 6.01. The predicted molar refractivity (Wildman–Crippen MR) is 85.9 cm³/mol. The first kappa shape index (κ1) is 17.2. The Bertz CT molecular complexity index is 405. The lowest BCUT2D eigenvalue weighted by atomic mass is 9.93.